The predicted octanol–water partition coefficient (Wildman–Crippen LogP) is 1.77. The van der Waals surface area contributed by atoms with Gasteiger partial charge >= 0.3 is 11.1 Å². The molecule has 1 aromatic carbocycles. The van der Waals surface area contributed by atoms with Gasteiger partial charge < -0.3 is 14.9 Å². The van der Waals surface area contributed by atoms with Gasteiger partial charge in [-0.05, 0) is 18.4 Å². The Balaban J connectivity index is 2.16. The molecule has 0 aliphatic carbocycles. The number of nitro benzene ring substituents is 1. The maximum absolute atomic E-state index is 12.5. The van der Waals surface area contributed by atoms with Crippen molar-refractivity contribution in [1.82, 2.24) is 14.9 Å². The lowest BCUT2D eigenvalue weighted by atomic mass is 10.0. The van der Waals surface area contributed by atoms with Crippen molar-refractivity contribution in [2.45, 2.75) is 13.5 Å². The third-order valence-corrected chi connectivity index (χ3v) is 4.91. The van der Waals surface area contributed by atoms with E-state index in [4.69, 9.17) is 0 Å². The second-order valence-electron chi connectivity index (χ2n) is 5.73. The molecule has 0 unspecified atom stereocenters. The van der Waals surface area contributed by atoms with Gasteiger partial charge in [0.2, 0.25) is 0 Å². The van der Waals surface area contributed by atoms with Crippen LogP contribution in [0.25, 0.3) is 11.0 Å². The first-order chi connectivity index (χ1) is 12.3. The fourth-order valence-electron chi connectivity index (χ4n) is 2.70. The number of hydrogen-bond acceptors (Lipinski definition) is 6. The monoisotopic (exact) mass is 374 g/mol. The van der Waals surface area contributed by atoms with Crippen molar-refractivity contribution < 1.29 is 9.72 Å². The number of rotatable bonds is 4. The highest BCUT2D eigenvalue weighted by Crippen LogP contribution is 2.28. The van der Waals surface area contributed by atoms with Crippen LogP contribution in [0, 0.1) is 17.0 Å². The first kappa shape index (κ1) is 17.5. The van der Waals surface area contributed by atoms with Gasteiger partial charge in [0.15, 0.2) is 0 Å². The summed E-state index contributed by atoms with van der Waals surface area (Å²) < 4.78 is 0. The molecule has 0 radical (unpaired) electrons. The molecule has 0 saturated carbocycles. The zero-order valence-corrected chi connectivity index (χ0v) is 14.7. The van der Waals surface area contributed by atoms with Gasteiger partial charge in [-0.15, -0.1) is 11.3 Å². The number of H-pyrrole nitrogens is 2. The summed E-state index contributed by atoms with van der Waals surface area (Å²) >= 11 is 1.29. The molecule has 0 aliphatic rings. The highest BCUT2D eigenvalue weighted by molar-refractivity contribution is 7.12. The molecule has 2 heterocycles. The largest absolute Gasteiger partial charge is 0.337 e. The fraction of sp³-hybridized carbons (Fsp3) is 0.188. The number of carbonyl (C=O) groups is 1. The van der Waals surface area contributed by atoms with Crippen LogP contribution in [-0.2, 0) is 6.54 Å². The number of aromatic amines is 2. The topological polar surface area (TPSA) is 129 Å². The minimum absolute atomic E-state index is 0.0305. The highest BCUT2D eigenvalue weighted by atomic mass is 32.1. The number of hydrogen-bond donors (Lipinski definition) is 2. The number of nitrogens with zero attached hydrogens (tertiary/aromatic N) is 2. The van der Waals surface area contributed by atoms with Gasteiger partial charge in [0.1, 0.15) is 0 Å². The van der Waals surface area contributed by atoms with Crippen molar-refractivity contribution in [3.8, 4) is 0 Å². The highest BCUT2D eigenvalue weighted by Gasteiger charge is 2.22. The van der Waals surface area contributed by atoms with Crippen LogP contribution >= 0.6 is 11.3 Å². The molecule has 134 valence electrons. The lowest BCUT2D eigenvalue weighted by molar-refractivity contribution is -0.385. The number of carbonyl (C=O) groups excluding carboxylic acids is 1. The molecule has 10 heteroatoms. The third kappa shape index (κ3) is 3.02. The van der Waals surface area contributed by atoms with Gasteiger partial charge in [-0.2, -0.15) is 0 Å². The van der Waals surface area contributed by atoms with Gasteiger partial charge in [0.05, 0.1) is 20.8 Å². The van der Waals surface area contributed by atoms with Gasteiger partial charge in [0, 0.05) is 30.8 Å². The van der Waals surface area contributed by atoms with Crippen molar-refractivity contribution in [2.75, 3.05) is 7.05 Å². The number of fused-ring (bicyclic) bond motifs is 1. The molecular formula is C16H14N4O5S. The van der Waals surface area contributed by atoms with Crippen LogP contribution in [0.15, 0.2) is 33.2 Å². The van der Waals surface area contributed by atoms with Crippen molar-refractivity contribution in [1.29, 1.82) is 0 Å². The average Bonchev–Trinajstić information content (AvgIpc) is 3.12. The van der Waals surface area contributed by atoms with Crippen LogP contribution in [0.5, 0.6) is 0 Å². The average molecular weight is 374 g/mol. The van der Waals surface area contributed by atoms with Crippen molar-refractivity contribution >= 4 is 34.0 Å². The normalized spacial score (nSPS) is 10.8. The quantitative estimate of drug-likeness (QED) is 0.408. The second-order valence-corrected chi connectivity index (χ2v) is 6.67. The number of nitro groups is 1. The second kappa shape index (κ2) is 6.56. The number of aromatic nitrogens is 2. The van der Waals surface area contributed by atoms with E-state index >= 15 is 0 Å². The molecule has 0 spiro atoms. The van der Waals surface area contributed by atoms with E-state index < -0.39 is 16.0 Å². The summed E-state index contributed by atoms with van der Waals surface area (Å²) in [7, 11) is 1.57. The van der Waals surface area contributed by atoms with Crippen LogP contribution < -0.4 is 11.1 Å². The molecule has 0 aliphatic heterocycles. The molecule has 2 aromatic heterocycles. The molecule has 3 aromatic rings. The van der Waals surface area contributed by atoms with E-state index in [9.17, 15) is 24.5 Å². The Hall–Kier alpha value is -3.27. The SMILES string of the molecule is Cc1c([N+](=O)[O-])cc2[nH]c(=O)c(=O)[nH]c2c1CN(C)C(=O)c1cccs1. The zero-order valence-electron chi connectivity index (χ0n) is 13.9. The van der Waals surface area contributed by atoms with Gasteiger partial charge in [-0.25, -0.2) is 0 Å². The van der Waals surface area contributed by atoms with Crippen molar-refractivity contribution in [2.24, 2.45) is 0 Å². The van der Waals surface area contributed by atoms with Crippen LogP contribution in [0.3, 0.4) is 0 Å². The fourth-order valence-corrected chi connectivity index (χ4v) is 3.41. The van der Waals surface area contributed by atoms with E-state index in [0.717, 1.165) is 0 Å². The Kier molecular flexibility index (Phi) is 4.43. The molecule has 0 atom stereocenters. The summed E-state index contributed by atoms with van der Waals surface area (Å²) in [5.41, 5.74) is -0.843. The Morgan fingerprint density at radius 1 is 1.31 bits per heavy atom. The standard InChI is InChI=1S/C16H14N4O5S/c1-8-9(7-19(2)16(23)12-4-3-5-26-12)13-10(6-11(8)20(24)25)17-14(21)15(22)18-13/h3-6H,7H2,1-2H3,(H,17,21)(H,18,22). The van der Waals surface area contributed by atoms with E-state index in [1.807, 2.05) is 0 Å². The Labute approximate surface area is 150 Å². The lowest BCUT2D eigenvalue weighted by Gasteiger charge is -2.19. The Morgan fingerprint density at radius 3 is 2.62 bits per heavy atom. The molecule has 26 heavy (non-hydrogen) atoms. The summed E-state index contributed by atoms with van der Waals surface area (Å²) in [6, 6.07) is 4.63. The maximum Gasteiger partial charge on any atom is 0.314 e. The van der Waals surface area contributed by atoms with E-state index in [0.29, 0.717) is 16.0 Å². The first-order valence-electron chi connectivity index (χ1n) is 7.51. The zero-order chi connectivity index (χ0) is 19.0. The van der Waals surface area contributed by atoms with E-state index in [1.54, 1.807) is 31.5 Å². The molecular weight excluding hydrogens is 360 g/mol. The summed E-state index contributed by atoms with van der Waals surface area (Å²) in [4.78, 5) is 53.2. The summed E-state index contributed by atoms with van der Waals surface area (Å²) in [5, 5.41) is 13.1. The lowest BCUT2D eigenvalue weighted by Crippen LogP contribution is -2.30. The Morgan fingerprint density at radius 2 is 2.00 bits per heavy atom. The van der Waals surface area contributed by atoms with Gasteiger partial charge in [-0.3, -0.25) is 24.5 Å². The molecule has 3 rings (SSSR count). The van der Waals surface area contributed by atoms with Crippen molar-refractivity contribution in [3.05, 3.63) is 70.4 Å². The third-order valence-electron chi connectivity index (χ3n) is 4.05. The molecule has 0 saturated heterocycles. The minimum atomic E-state index is -0.899. The first-order valence-corrected chi connectivity index (χ1v) is 8.39. The molecule has 2 N–H and O–H groups in total. The molecule has 9 nitrogen and oxygen atoms in total. The number of nitrogens with one attached hydrogen (secondary N) is 2. The van der Waals surface area contributed by atoms with Gasteiger partial charge in [0.25, 0.3) is 11.6 Å². The predicted molar refractivity (Wildman–Crippen MR) is 96.7 cm³/mol. The maximum atomic E-state index is 12.5. The van der Waals surface area contributed by atoms with Crippen LogP contribution in [0.2, 0.25) is 0 Å². The molecule has 0 fully saturated rings. The van der Waals surface area contributed by atoms with E-state index in [2.05, 4.69) is 9.97 Å². The summed E-state index contributed by atoms with van der Waals surface area (Å²) in [6.45, 7) is 1.57. The smallest absolute Gasteiger partial charge is 0.314 e. The van der Waals surface area contributed by atoms with E-state index in [-0.39, 0.29) is 29.2 Å². The Bertz CT molecular complexity index is 1130. The summed E-state index contributed by atoms with van der Waals surface area (Å²) in [6.07, 6.45) is 0. The van der Waals surface area contributed by atoms with Crippen molar-refractivity contribution in [3.63, 3.8) is 0 Å². The molecule has 0 bridgehead atoms. The van der Waals surface area contributed by atoms with Gasteiger partial charge in [-0.1, -0.05) is 6.07 Å². The summed E-state index contributed by atoms with van der Waals surface area (Å²) in [5.74, 6) is -0.245. The van der Waals surface area contributed by atoms with Crippen LogP contribution in [-0.4, -0.2) is 32.7 Å². The molecule has 1 amide bonds. The minimum Gasteiger partial charge on any atom is -0.337 e. The van der Waals surface area contributed by atoms with Crippen LogP contribution in [0.1, 0.15) is 20.8 Å². The number of benzene rings is 1. The van der Waals surface area contributed by atoms with Crippen LogP contribution in [0.4, 0.5) is 5.69 Å². The number of amides is 1. The van der Waals surface area contributed by atoms with E-state index in [1.165, 1.54) is 22.3 Å². The number of thiophene rings is 1.